The van der Waals surface area contributed by atoms with Crippen LogP contribution in [0.2, 0.25) is 0 Å². The summed E-state index contributed by atoms with van der Waals surface area (Å²) in [6.45, 7) is 5.63. The molecule has 3 amide bonds. The predicted octanol–water partition coefficient (Wildman–Crippen LogP) is 3.16. The molecular formula is C31H37N5O5. The zero-order valence-electron chi connectivity index (χ0n) is 23.7. The average molecular weight is 560 g/mol. The first-order valence-electron chi connectivity index (χ1n) is 14.1. The molecule has 4 heterocycles. The summed E-state index contributed by atoms with van der Waals surface area (Å²) in [5, 5.41) is 11.0. The van der Waals surface area contributed by atoms with Gasteiger partial charge < -0.3 is 14.9 Å². The van der Waals surface area contributed by atoms with Gasteiger partial charge in [-0.3, -0.25) is 29.1 Å². The number of carbonyl (C=O) groups is 3. The molecule has 2 fully saturated rings. The number of rotatable bonds is 7. The monoisotopic (exact) mass is 559 g/mol. The minimum absolute atomic E-state index is 0.0693. The highest BCUT2D eigenvalue weighted by Gasteiger charge is 2.50. The fourth-order valence-corrected chi connectivity index (χ4v) is 5.52. The number of fused-ring (bicyclic) bond motifs is 1. The maximum absolute atomic E-state index is 14.2. The summed E-state index contributed by atoms with van der Waals surface area (Å²) in [4.78, 5) is 57.5. The molecule has 2 saturated heterocycles. The first-order valence-corrected chi connectivity index (χ1v) is 14.1. The van der Waals surface area contributed by atoms with Crippen LogP contribution in [0.15, 0.2) is 66.8 Å². The maximum Gasteiger partial charge on any atom is 0.276 e. The van der Waals surface area contributed by atoms with Gasteiger partial charge in [0.15, 0.2) is 11.9 Å². The fraction of sp³-hybridized carbons (Fsp3) is 0.419. The zero-order valence-corrected chi connectivity index (χ0v) is 23.7. The zero-order chi connectivity index (χ0) is 29.1. The van der Waals surface area contributed by atoms with Crippen LogP contribution in [0.3, 0.4) is 0 Å². The molecule has 41 heavy (non-hydrogen) atoms. The molecule has 0 radical (unpaired) electrons. The van der Waals surface area contributed by atoms with Gasteiger partial charge in [0.25, 0.3) is 11.8 Å². The summed E-state index contributed by atoms with van der Waals surface area (Å²) in [6, 6.07) is 11.1. The molecule has 216 valence electrons. The summed E-state index contributed by atoms with van der Waals surface area (Å²) in [5.41, 5.74) is 1.40. The van der Waals surface area contributed by atoms with Crippen molar-refractivity contribution in [1.29, 1.82) is 0 Å². The molecule has 1 aromatic heterocycles. The number of amides is 3. The van der Waals surface area contributed by atoms with Crippen molar-refractivity contribution in [1.82, 2.24) is 24.7 Å². The third-order valence-corrected chi connectivity index (χ3v) is 7.72. The minimum Gasteiger partial charge on any atom is -0.508 e. The number of hydrogen-bond acceptors (Lipinski definition) is 7. The highest BCUT2D eigenvalue weighted by molar-refractivity contribution is 5.97. The fourth-order valence-electron chi connectivity index (χ4n) is 5.52. The number of aromatic nitrogens is 1. The van der Waals surface area contributed by atoms with E-state index in [4.69, 9.17) is 4.84 Å². The Morgan fingerprint density at radius 3 is 2.49 bits per heavy atom. The number of aromatic hydroxyl groups is 1. The number of carbonyl (C=O) groups excluding carboxylic acids is 3. The van der Waals surface area contributed by atoms with Crippen molar-refractivity contribution in [3.8, 4) is 5.75 Å². The van der Waals surface area contributed by atoms with E-state index in [1.54, 1.807) is 59.8 Å². The molecular weight excluding hydrogens is 522 g/mol. The third-order valence-electron chi connectivity index (χ3n) is 7.72. The second-order valence-electron chi connectivity index (χ2n) is 11.3. The van der Waals surface area contributed by atoms with Crippen molar-refractivity contribution < 1.29 is 24.3 Å². The number of piperidine rings is 1. The molecule has 0 aliphatic carbocycles. The Bertz CT molecular complexity index is 1320. The van der Waals surface area contributed by atoms with Crippen LogP contribution < -0.4 is 0 Å². The standard InChI is InChI=1S/C31H37N5O5/c1-21(2)18-27-31(40)35-26(19-22-7-10-25(37)11-8-22)30(39)34(24-13-16-33(3)17-14-24)20-28(35)36(41-27)29(38)12-9-23-6-4-5-15-32-23/h4-12,15,20-21,24,26-27,37H,13-14,16-19H2,1-3H3/b12-9+/t26-,27+/m0/s1. The van der Waals surface area contributed by atoms with Crippen molar-refractivity contribution >= 4 is 23.8 Å². The van der Waals surface area contributed by atoms with Gasteiger partial charge in [-0.2, -0.15) is 5.06 Å². The van der Waals surface area contributed by atoms with Gasteiger partial charge in [0.2, 0.25) is 5.91 Å². The summed E-state index contributed by atoms with van der Waals surface area (Å²) in [6.07, 6.45) is 7.46. The summed E-state index contributed by atoms with van der Waals surface area (Å²) in [7, 11) is 2.05. The molecule has 5 rings (SSSR count). The molecule has 10 nitrogen and oxygen atoms in total. The van der Waals surface area contributed by atoms with Crippen LogP contribution in [0.5, 0.6) is 5.75 Å². The molecule has 3 aliphatic heterocycles. The summed E-state index contributed by atoms with van der Waals surface area (Å²) >= 11 is 0. The lowest BCUT2D eigenvalue weighted by Crippen LogP contribution is -2.65. The Labute approximate surface area is 240 Å². The Balaban J connectivity index is 1.55. The molecule has 10 heteroatoms. The van der Waals surface area contributed by atoms with Gasteiger partial charge in [0.1, 0.15) is 11.8 Å². The number of phenolic OH excluding ortho intramolecular Hbond substituents is 1. The smallest absolute Gasteiger partial charge is 0.276 e. The lowest BCUT2D eigenvalue weighted by molar-refractivity contribution is -0.226. The normalized spacial score (nSPS) is 22.4. The lowest BCUT2D eigenvalue weighted by atomic mass is 9.96. The average Bonchev–Trinajstić information content (AvgIpc) is 2.96. The summed E-state index contributed by atoms with van der Waals surface area (Å²) < 4.78 is 0. The molecule has 0 spiro atoms. The molecule has 2 atom stereocenters. The topological polar surface area (TPSA) is 107 Å². The quantitative estimate of drug-likeness (QED) is 0.520. The second-order valence-corrected chi connectivity index (χ2v) is 11.3. The molecule has 0 unspecified atom stereocenters. The van der Waals surface area contributed by atoms with Crippen molar-refractivity contribution in [2.45, 2.75) is 57.7 Å². The molecule has 1 N–H and O–H groups in total. The van der Waals surface area contributed by atoms with Gasteiger partial charge in [-0.25, -0.2) is 0 Å². The van der Waals surface area contributed by atoms with Crippen molar-refractivity contribution in [3.05, 3.63) is 78.0 Å². The number of hydrogen-bond donors (Lipinski definition) is 1. The van der Waals surface area contributed by atoms with Crippen LogP contribution >= 0.6 is 0 Å². The van der Waals surface area contributed by atoms with Crippen LogP contribution in [0, 0.1) is 5.92 Å². The van der Waals surface area contributed by atoms with E-state index in [9.17, 15) is 19.5 Å². The van der Waals surface area contributed by atoms with Gasteiger partial charge in [-0.15, -0.1) is 0 Å². The highest BCUT2D eigenvalue weighted by atomic mass is 16.7. The Hall–Kier alpha value is -4.02. The van der Waals surface area contributed by atoms with Crippen molar-refractivity contribution in [2.24, 2.45) is 5.92 Å². The third kappa shape index (κ3) is 6.34. The van der Waals surface area contributed by atoms with Crippen LogP contribution in [0.1, 0.15) is 44.4 Å². The highest BCUT2D eigenvalue weighted by Crippen LogP contribution is 2.35. The number of hydroxylamine groups is 2. The van der Waals surface area contributed by atoms with E-state index in [0.29, 0.717) is 12.1 Å². The molecule has 2 aromatic rings. The van der Waals surface area contributed by atoms with E-state index < -0.39 is 18.1 Å². The maximum atomic E-state index is 14.2. The SMILES string of the molecule is CC(C)C[C@H]1ON(C(=O)/C=C/c2ccccn2)C2=CN(C3CCN(C)CC3)C(=O)[C@H](Cc3ccc(O)cc3)N2C1=O. The van der Waals surface area contributed by atoms with E-state index in [0.717, 1.165) is 36.6 Å². The lowest BCUT2D eigenvalue weighted by Gasteiger charge is -2.49. The van der Waals surface area contributed by atoms with E-state index in [1.165, 1.54) is 11.0 Å². The van der Waals surface area contributed by atoms with Crippen LogP contribution in [0.4, 0.5) is 0 Å². The minimum atomic E-state index is -0.927. The van der Waals surface area contributed by atoms with Crippen molar-refractivity contribution in [3.63, 3.8) is 0 Å². The van der Waals surface area contributed by atoms with Gasteiger partial charge in [0, 0.05) is 24.7 Å². The van der Waals surface area contributed by atoms with Crippen LogP contribution in [0.25, 0.3) is 6.08 Å². The molecule has 0 saturated carbocycles. The van der Waals surface area contributed by atoms with Crippen LogP contribution in [-0.2, 0) is 25.6 Å². The first-order chi connectivity index (χ1) is 19.7. The number of likely N-dealkylation sites (tertiary alicyclic amines) is 1. The largest absolute Gasteiger partial charge is 0.508 e. The summed E-state index contributed by atoms with van der Waals surface area (Å²) in [5.74, 6) is -0.549. The van der Waals surface area contributed by atoms with E-state index in [2.05, 4.69) is 16.9 Å². The van der Waals surface area contributed by atoms with E-state index in [1.807, 2.05) is 19.9 Å². The first kappa shape index (κ1) is 28.5. The van der Waals surface area contributed by atoms with Gasteiger partial charge in [-0.05, 0) is 81.2 Å². The second kappa shape index (κ2) is 12.2. The number of benzene rings is 1. The molecule has 3 aliphatic rings. The molecule has 1 aromatic carbocycles. The number of pyridine rings is 1. The Morgan fingerprint density at radius 1 is 1.10 bits per heavy atom. The molecule has 0 bridgehead atoms. The van der Waals surface area contributed by atoms with Gasteiger partial charge in [0.05, 0.1) is 11.9 Å². The van der Waals surface area contributed by atoms with Gasteiger partial charge in [-0.1, -0.05) is 32.0 Å². The van der Waals surface area contributed by atoms with Gasteiger partial charge >= 0.3 is 0 Å². The number of phenols is 1. The van der Waals surface area contributed by atoms with Crippen molar-refractivity contribution in [2.75, 3.05) is 20.1 Å². The van der Waals surface area contributed by atoms with E-state index in [-0.39, 0.29) is 41.8 Å². The number of nitrogens with zero attached hydrogens (tertiary/aromatic N) is 5. The Morgan fingerprint density at radius 2 is 1.83 bits per heavy atom. The Kier molecular flexibility index (Phi) is 8.51. The van der Waals surface area contributed by atoms with E-state index >= 15 is 0 Å². The predicted molar refractivity (Wildman–Crippen MR) is 152 cm³/mol. The van der Waals surface area contributed by atoms with Crippen LogP contribution in [-0.4, -0.2) is 85.9 Å².